The second-order valence-corrected chi connectivity index (χ2v) is 6.53. The molecule has 1 aliphatic rings. The van der Waals surface area contributed by atoms with Crippen molar-refractivity contribution in [2.24, 2.45) is 0 Å². The Morgan fingerprint density at radius 2 is 2.24 bits per heavy atom. The molecule has 0 radical (unpaired) electrons. The van der Waals surface area contributed by atoms with E-state index >= 15 is 0 Å². The van der Waals surface area contributed by atoms with E-state index in [-0.39, 0.29) is 18.3 Å². The molecule has 10 heteroatoms. The van der Waals surface area contributed by atoms with Crippen molar-refractivity contribution in [3.63, 3.8) is 0 Å². The molecule has 1 N–H and O–H groups in total. The predicted molar refractivity (Wildman–Crippen MR) is 86.2 cm³/mol. The number of ether oxygens (including phenoxy) is 1. The first-order valence-corrected chi connectivity index (χ1v) is 8.41. The molecular formula is C15H13N5O4S. The molecule has 0 atom stereocenters. The van der Waals surface area contributed by atoms with Crippen LogP contribution in [0.25, 0.3) is 0 Å². The van der Waals surface area contributed by atoms with Gasteiger partial charge in [-0.05, 0) is 47.5 Å². The van der Waals surface area contributed by atoms with Crippen molar-refractivity contribution >= 4 is 28.2 Å². The largest absolute Gasteiger partial charge is 0.459 e. The first kappa shape index (κ1) is 15.5. The molecule has 3 aromatic heterocycles. The smallest absolute Gasteiger partial charge is 0.348 e. The zero-order valence-corrected chi connectivity index (χ0v) is 13.7. The monoisotopic (exact) mass is 359 g/mol. The Morgan fingerprint density at radius 3 is 3.00 bits per heavy atom. The van der Waals surface area contributed by atoms with E-state index in [1.807, 2.05) is 0 Å². The van der Waals surface area contributed by atoms with Gasteiger partial charge in [0, 0.05) is 0 Å². The predicted octanol–water partition coefficient (Wildman–Crippen LogP) is 2.27. The first-order chi connectivity index (χ1) is 12.2. The molecule has 1 fully saturated rings. The van der Waals surface area contributed by atoms with E-state index in [1.54, 1.807) is 28.9 Å². The fraction of sp³-hybridized carbons (Fsp3) is 0.267. The van der Waals surface area contributed by atoms with Crippen LogP contribution in [0.4, 0.5) is 5.00 Å². The number of rotatable bonds is 6. The van der Waals surface area contributed by atoms with E-state index < -0.39 is 5.97 Å². The Balaban J connectivity index is 1.35. The van der Waals surface area contributed by atoms with E-state index in [0.717, 1.165) is 24.2 Å². The summed E-state index contributed by atoms with van der Waals surface area (Å²) in [6.45, 7) is 0.00826. The van der Waals surface area contributed by atoms with Crippen molar-refractivity contribution in [2.75, 3.05) is 5.32 Å². The second-order valence-electron chi connectivity index (χ2n) is 5.44. The van der Waals surface area contributed by atoms with Crippen molar-refractivity contribution in [2.45, 2.75) is 25.5 Å². The molecule has 3 heterocycles. The lowest BCUT2D eigenvalue weighted by molar-refractivity contribution is 0.0462. The fourth-order valence-electron chi connectivity index (χ4n) is 2.21. The van der Waals surface area contributed by atoms with E-state index in [0.29, 0.717) is 21.7 Å². The minimum absolute atomic E-state index is 0.00826. The molecule has 1 aliphatic carbocycles. The summed E-state index contributed by atoms with van der Waals surface area (Å²) in [5.41, 5.74) is 0. The molecule has 0 saturated heterocycles. The highest BCUT2D eigenvalue weighted by Crippen LogP contribution is 2.34. The standard InChI is InChI=1S/C15H13N5O4S/c21-14(10-2-1-7-23-10)16-13-6-5-11(25-13)15(22)24-8-12-17-18-19-20(12)9-3-4-9/h1-2,5-7,9H,3-4,8H2,(H,16,21). The zero-order valence-electron chi connectivity index (χ0n) is 12.9. The quantitative estimate of drug-likeness (QED) is 0.672. The zero-order chi connectivity index (χ0) is 17.2. The Morgan fingerprint density at radius 1 is 1.36 bits per heavy atom. The van der Waals surface area contributed by atoms with Crippen LogP contribution in [-0.4, -0.2) is 32.1 Å². The number of aromatic nitrogens is 4. The highest BCUT2D eigenvalue weighted by atomic mass is 32.1. The molecular weight excluding hydrogens is 346 g/mol. The van der Waals surface area contributed by atoms with Gasteiger partial charge < -0.3 is 14.5 Å². The van der Waals surface area contributed by atoms with Crippen LogP contribution in [0.3, 0.4) is 0 Å². The summed E-state index contributed by atoms with van der Waals surface area (Å²) in [5.74, 6) is -0.146. The highest BCUT2D eigenvalue weighted by Gasteiger charge is 2.28. The third-order valence-corrected chi connectivity index (χ3v) is 4.56. The number of nitrogens with zero attached hydrogens (tertiary/aromatic N) is 4. The highest BCUT2D eigenvalue weighted by molar-refractivity contribution is 7.18. The number of anilines is 1. The second kappa shape index (κ2) is 6.48. The van der Waals surface area contributed by atoms with E-state index in [9.17, 15) is 9.59 Å². The Kier molecular flexibility index (Phi) is 4.02. The number of hydrogen-bond acceptors (Lipinski definition) is 8. The van der Waals surface area contributed by atoms with Gasteiger partial charge in [-0.25, -0.2) is 9.48 Å². The van der Waals surface area contributed by atoms with Crippen LogP contribution in [0.15, 0.2) is 34.9 Å². The summed E-state index contributed by atoms with van der Waals surface area (Å²) in [4.78, 5) is 24.4. The van der Waals surface area contributed by atoms with Crippen molar-refractivity contribution in [3.05, 3.63) is 47.0 Å². The van der Waals surface area contributed by atoms with E-state index in [2.05, 4.69) is 20.8 Å². The number of tetrazole rings is 1. The van der Waals surface area contributed by atoms with Crippen LogP contribution in [0, 0.1) is 0 Å². The average molecular weight is 359 g/mol. The maximum absolute atomic E-state index is 12.1. The molecule has 25 heavy (non-hydrogen) atoms. The van der Waals surface area contributed by atoms with Crippen molar-refractivity contribution < 1.29 is 18.7 Å². The van der Waals surface area contributed by atoms with Crippen molar-refractivity contribution in [1.29, 1.82) is 0 Å². The summed E-state index contributed by atoms with van der Waals surface area (Å²) in [6, 6.07) is 6.72. The van der Waals surface area contributed by atoms with Gasteiger partial charge in [0.1, 0.15) is 4.88 Å². The lowest BCUT2D eigenvalue weighted by Crippen LogP contribution is -2.10. The molecule has 9 nitrogen and oxygen atoms in total. The third-order valence-electron chi connectivity index (χ3n) is 3.57. The van der Waals surface area contributed by atoms with Gasteiger partial charge in [0.05, 0.1) is 17.3 Å². The number of furan rings is 1. The van der Waals surface area contributed by atoms with Gasteiger partial charge in [-0.2, -0.15) is 0 Å². The van der Waals surface area contributed by atoms with Gasteiger partial charge in [-0.3, -0.25) is 4.79 Å². The van der Waals surface area contributed by atoms with Crippen molar-refractivity contribution in [1.82, 2.24) is 20.2 Å². The number of esters is 1. The fourth-order valence-corrected chi connectivity index (χ4v) is 3.00. The van der Waals surface area contributed by atoms with E-state index in [1.165, 1.54) is 6.26 Å². The first-order valence-electron chi connectivity index (χ1n) is 7.59. The topological polar surface area (TPSA) is 112 Å². The summed E-state index contributed by atoms with van der Waals surface area (Å²) in [7, 11) is 0. The van der Waals surface area contributed by atoms with Gasteiger partial charge in [0.25, 0.3) is 5.91 Å². The molecule has 0 aromatic carbocycles. The van der Waals surface area contributed by atoms with Gasteiger partial charge in [0.15, 0.2) is 18.2 Å². The molecule has 0 bridgehead atoms. The van der Waals surface area contributed by atoms with Gasteiger partial charge in [0.2, 0.25) is 0 Å². The van der Waals surface area contributed by atoms with Crippen molar-refractivity contribution in [3.8, 4) is 0 Å². The lowest BCUT2D eigenvalue weighted by atomic mass is 10.4. The molecule has 4 rings (SSSR count). The molecule has 0 unspecified atom stereocenters. The van der Waals surface area contributed by atoms with Gasteiger partial charge in [-0.15, -0.1) is 16.4 Å². The maximum atomic E-state index is 12.1. The number of carbonyl (C=O) groups is 2. The molecule has 1 saturated carbocycles. The molecule has 0 aliphatic heterocycles. The van der Waals surface area contributed by atoms with E-state index in [4.69, 9.17) is 9.15 Å². The molecule has 1 amide bonds. The summed E-state index contributed by atoms with van der Waals surface area (Å²) in [5, 5.41) is 14.6. The van der Waals surface area contributed by atoms with Crippen LogP contribution < -0.4 is 5.32 Å². The van der Waals surface area contributed by atoms with Crippen LogP contribution in [0.2, 0.25) is 0 Å². The number of thiophene rings is 1. The molecule has 3 aromatic rings. The minimum atomic E-state index is -0.492. The summed E-state index contributed by atoms with van der Waals surface area (Å²) < 4.78 is 12.0. The average Bonchev–Trinajstić information content (AvgIpc) is 3.06. The van der Waals surface area contributed by atoms with Crippen LogP contribution in [-0.2, 0) is 11.3 Å². The molecule has 128 valence electrons. The van der Waals surface area contributed by atoms with Crippen LogP contribution >= 0.6 is 11.3 Å². The Bertz CT molecular complexity index is 897. The van der Waals surface area contributed by atoms with Gasteiger partial charge >= 0.3 is 5.97 Å². The number of amides is 1. The lowest BCUT2D eigenvalue weighted by Gasteiger charge is -2.03. The maximum Gasteiger partial charge on any atom is 0.348 e. The van der Waals surface area contributed by atoms with Crippen LogP contribution in [0.5, 0.6) is 0 Å². The number of hydrogen-bond donors (Lipinski definition) is 1. The SMILES string of the molecule is O=C(Nc1ccc(C(=O)OCc2nnnn2C2CC2)s1)c1ccco1. The Hall–Kier alpha value is -3.01. The van der Waals surface area contributed by atoms with Gasteiger partial charge in [-0.1, -0.05) is 0 Å². The Labute approximate surface area is 145 Å². The number of nitrogens with one attached hydrogen (secondary N) is 1. The van der Waals surface area contributed by atoms with Crippen LogP contribution in [0.1, 0.15) is 44.9 Å². The minimum Gasteiger partial charge on any atom is -0.459 e. The summed E-state index contributed by atoms with van der Waals surface area (Å²) in [6.07, 6.45) is 3.49. The summed E-state index contributed by atoms with van der Waals surface area (Å²) >= 11 is 1.12. The number of carbonyl (C=O) groups excluding carboxylic acids is 2. The normalized spacial score (nSPS) is 13.6. The molecule has 0 spiro atoms. The third kappa shape index (κ3) is 3.43.